The van der Waals surface area contributed by atoms with Crippen LogP contribution in [0, 0.1) is 37.8 Å². The van der Waals surface area contributed by atoms with Crippen LogP contribution in [-0.4, -0.2) is 20.6 Å². The number of anilines is 1. The molecule has 0 aliphatic carbocycles. The normalized spacial score (nSPS) is 10.9. The van der Waals surface area contributed by atoms with Gasteiger partial charge in [-0.05, 0) is 57.0 Å². The maximum atomic E-state index is 12.8. The monoisotopic (exact) mass is 474 g/mol. The van der Waals surface area contributed by atoms with Gasteiger partial charge < -0.3 is 14.5 Å². The Bertz CT molecular complexity index is 1390. The minimum Gasteiger partial charge on any atom is -0.479 e. The van der Waals surface area contributed by atoms with Gasteiger partial charge >= 0.3 is 5.69 Å². The summed E-state index contributed by atoms with van der Waals surface area (Å²) in [5.41, 5.74) is 5.10. The molecule has 4 aromatic rings. The van der Waals surface area contributed by atoms with E-state index in [-0.39, 0.29) is 23.8 Å². The quantitative estimate of drug-likeness (QED) is 0.267. The molecule has 2 aromatic heterocycles. The fourth-order valence-electron chi connectivity index (χ4n) is 3.69. The van der Waals surface area contributed by atoms with Gasteiger partial charge in [0.25, 0.3) is 5.91 Å². The number of amides is 1. The fraction of sp³-hybridized carbons (Fsp3) is 0.231. The van der Waals surface area contributed by atoms with Gasteiger partial charge in [-0.3, -0.25) is 19.6 Å². The Morgan fingerprint density at radius 3 is 2.49 bits per heavy atom. The van der Waals surface area contributed by atoms with Gasteiger partial charge in [-0.1, -0.05) is 35.9 Å². The lowest BCUT2D eigenvalue weighted by Gasteiger charge is -2.07. The highest BCUT2D eigenvalue weighted by Crippen LogP contribution is 2.29. The number of nitro groups is 1. The molecular weight excluding hydrogens is 448 g/mol. The summed E-state index contributed by atoms with van der Waals surface area (Å²) < 4.78 is 13.1. The summed E-state index contributed by atoms with van der Waals surface area (Å²) in [5, 5.41) is 18.7. The van der Waals surface area contributed by atoms with Crippen molar-refractivity contribution in [3.63, 3.8) is 0 Å². The van der Waals surface area contributed by atoms with E-state index in [1.165, 1.54) is 11.6 Å². The molecule has 2 heterocycles. The van der Waals surface area contributed by atoms with Crippen LogP contribution in [0.25, 0.3) is 0 Å². The van der Waals surface area contributed by atoms with E-state index in [9.17, 15) is 14.9 Å². The molecule has 0 radical (unpaired) electrons. The van der Waals surface area contributed by atoms with Crippen molar-refractivity contribution in [1.29, 1.82) is 0 Å². The second-order valence-electron chi connectivity index (χ2n) is 8.43. The predicted molar refractivity (Wildman–Crippen MR) is 131 cm³/mol. The molecule has 0 aliphatic rings. The van der Waals surface area contributed by atoms with Crippen molar-refractivity contribution in [3.05, 3.63) is 104 Å². The lowest BCUT2D eigenvalue weighted by atomic mass is 10.1. The topological polar surface area (TPSA) is 112 Å². The molecule has 0 unspecified atom stereocenters. The van der Waals surface area contributed by atoms with Gasteiger partial charge in [0, 0.05) is 6.07 Å². The van der Waals surface area contributed by atoms with E-state index in [4.69, 9.17) is 9.15 Å². The van der Waals surface area contributed by atoms with Crippen molar-refractivity contribution in [1.82, 2.24) is 9.78 Å². The van der Waals surface area contributed by atoms with Crippen LogP contribution in [-0.2, 0) is 13.2 Å². The van der Waals surface area contributed by atoms with Crippen LogP contribution in [0.4, 0.5) is 11.4 Å². The zero-order chi connectivity index (χ0) is 25.1. The van der Waals surface area contributed by atoms with Crippen molar-refractivity contribution in [2.24, 2.45) is 0 Å². The molecule has 35 heavy (non-hydrogen) atoms. The SMILES string of the molecule is Cc1ccc(Cn2nc(C)c(NC(=O)c3ccc(COc4ccc(C)cc4[N+](=O)[O-])o3)c2C)cc1. The molecule has 0 saturated heterocycles. The maximum Gasteiger partial charge on any atom is 0.311 e. The third-order valence-corrected chi connectivity index (χ3v) is 5.64. The number of benzene rings is 2. The molecule has 1 N–H and O–H groups in total. The summed E-state index contributed by atoms with van der Waals surface area (Å²) >= 11 is 0. The van der Waals surface area contributed by atoms with Gasteiger partial charge in [-0.25, -0.2) is 0 Å². The Kier molecular flexibility index (Phi) is 6.68. The fourth-order valence-corrected chi connectivity index (χ4v) is 3.69. The van der Waals surface area contributed by atoms with Gasteiger partial charge in [-0.2, -0.15) is 5.10 Å². The van der Waals surface area contributed by atoms with Gasteiger partial charge in [0.1, 0.15) is 12.4 Å². The van der Waals surface area contributed by atoms with Crippen LogP contribution >= 0.6 is 0 Å². The van der Waals surface area contributed by atoms with Crippen LogP contribution < -0.4 is 10.1 Å². The summed E-state index contributed by atoms with van der Waals surface area (Å²) in [7, 11) is 0. The van der Waals surface area contributed by atoms with Crippen molar-refractivity contribution in [2.45, 2.75) is 40.8 Å². The molecule has 9 heteroatoms. The number of hydrogen-bond donors (Lipinski definition) is 1. The smallest absolute Gasteiger partial charge is 0.311 e. The molecule has 0 atom stereocenters. The summed E-state index contributed by atoms with van der Waals surface area (Å²) in [5.74, 6) is 0.189. The Balaban J connectivity index is 1.43. The molecule has 180 valence electrons. The van der Waals surface area contributed by atoms with Gasteiger partial charge in [0.05, 0.1) is 28.5 Å². The highest BCUT2D eigenvalue weighted by atomic mass is 16.6. The van der Waals surface area contributed by atoms with Gasteiger partial charge in [0.2, 0.25) is 0 Å². The molecule has 0 aliphatic heterocycles. The molecular formula is C26H26N4O5. The average molecular weight is 475 g/mol. The number of rotatable bonds is 8. The van der Waals surface area contributed by atoms with E-state index >= 15 is 0 Å². The summed E-state index contributed by atoms with van der Waals surface area (Å²) in [6, 6.07) is 16.1. The first-order valence-corrected chi connectivity index (χ1v) is 11.1. The Morgan fingerprint density at radius 1 is 1.06 bits per heavy atom. The van der Waals surface area contributed by atoms with Crippen molar-refractivity contribution >= 4 is 17.3 Å². The number of nitro benzene ring substituents is 1. The minimum atomic E-state index is -0.493. The minimum absolute atomic E-state index is 0.0519. The standard InChI is InChI=1S/C26H26N4O5/c1-16-5-8-20(9-6-16)14-29-19(4)25(18(3)28-29)27-26(31)24-12-10-21(35-24)15-34-23-11-7-17(2)13-22(23)30(32)33/h5-13H,14-15H2,1-4H3,(H,27,31). The van der Waals surface area contributed by atoms with E-state index in [1.54, 1.807) is 31.2 Å². The average Bonchev–Trinajstić information content (AvgIpc) is 3.40. The number of carbonyl (C=O) groups excluding carboxylic acids is 1. The maximum absolute atomic E-state index is 12.8. The van der Waals surface area contributed by atoms with Crippen LogP contribution in [0.3, 0.4) is 0 Å². The molecule has 1 amide bonds. The Labute approximate surface area is 202 Å². The molecule has 4 rings (SSSR count). The zero-order valence-corrected chi connectivity index (χ0v) is 20.0. The molecule has 0 fully saturated rings. The van der Waals surface area contributed by atoms with Crippen LogP contribution in [0.2, 0.25) is 0 Å². The van der Waals surface area contributed by atoms with Crippen LogP contribution in [0.5, 0.6) is 5.75 Å². The Morgan fingerprint density at radius 2 is 1.77 bits per heavy atom. The molecule has 0 saturated carbocycles. The summed E-state index contributed by atoms with van der Waals surface area (Å²) in [6.45, 7) is 8.09. The highest BCUT2D eigenvalue weighted by Gasteiger charge is 2.19. The lowest BCUT2D eigenvalue weighted by Crippen LogP contribution is -2.12. The number of aromatic nitrogens is 2. The van der Waals surface area contributed by atoms with E-state index in [0.29, 0.717) is 23.7 Å². The Hall–Kier alpha value is -4.40. The van der Waals surface area contributed by atoms with Crippen molar-refractivity contribution < 1.29 is 18.9 Å². The van der Waals surface area contributed by atoms with E-state index < -0.39 is 10.8 Å². The van der Waals surface area contributed by atoms with E-state index in [1.807, 2.05) is 25.5 Å². The zero-order valence-electron chi connectivity index (χ0n) is 20.0. The molecule has 0 bridgehead atoms. The summed E-state index contributed by atoms with van der Waals surface area (Å²) in [6.07, 6.45) is 0. The number of nitrogens with one attached hydrogen (secondary N) is 1. The second-order valence-corrected chi connectivity index (χ2v) is 8.43. The van der Waals surface area contributed by atoms with Gasteiger partial charge in [-0.15, -0.1) is 0 Å². The van der Waals surface area contributed by atoms with Crippen LogP contribution in [0.1, 0.15) is 44.4 Å². The van der Waals surface area contributed by atoms with Crippen molar-refractivity contribution in [3.8, 4) is 5.75 Å². The van der Waals surface area contributed by atoms with Crippen LogP contribution in [0.15, 0.2) is 59.0 Å². The number of nitrogens with zero attached hydrogens (tertiary/aromatic N) is 3. The van der Waals surface area contributed by atoms with E-state index in [0.717, 1.165) is 16.8 Å². The molecule has 2 aromatic carbocycles. The highest BCUT2D eigenvalue weighted by molar-refractivity contribution is 6.02. The second kappa shape index (κ2) is 9.84. The number of ether oxygens (including phenoxy) is 1. The number of aryl methyl sites for hydroxylation is 3. The first-order chi connectivity index (χ1) is 16.7. The first-order valence-electron chi connectivity index (χ1n) is 11.1. The number of hydrogen-bond acceptors (Lipinski definition) is 6. The summed E-state index contributed by atoms with van der Waals surface area (Å²) in [4.78, 5) is 23.6. The number of carbonyl (C=O) groups is 1. The molecule has 9 nitrogen and oxygen atoms in total. The van der Waals surface area contributed by atoms with Gasteiger partial charge in [0.15, 0.2) is 11.5 Å². The van der Waals surface area contributed by atoms with E-state index in [2.05, 4.69) is 34.7 Å². The van der Waals surface area contributed by atoms with Crippen molar-refractivity contribution in [2.75, 3.05) is 5.32 Å². The predicted octanol–water partition coefficient (Wildman–Crippen LogP) is 5.50. The third-order valence-electron chi connectivity index (χ3n) is 5.64. The third kappa shape index (κ3) is 5.40. The molecule has 0 spiro atoms. The number of furan rings is 1. The largest absolute Gasteiger partial charge is 0.479 e. The first kappa shape index (κ1) is 23.7. The lowest BCUT2D eigenvalue weighted by molar-refractivity contribution is -0.386.